The molecular weight excluding hydrogens is 250 g/mol. The maximum atomic E-state index is 12.0. The summed E-state index contributed by atoms with van der Waals surface area (Å²) in [7, 11) is 1.50. The first-order valence-electron chi connectivity index (χ1n) is 5.27. The Bertz CT molecular complexity index is 580. The maximum absolute atomic E-state index is 12.0. The molecule has 0 saturated carbocycles. The lowest BCUT2D eigenvalue weighted by molar-refractivity contribution is 0.102. The lowest BCUT2D eigenvalue weighted by Gasteiger charge is -2.08. The highest BCUT2D eigenvalue weighted by Crippen LogP contribution is 2.23. The molecular formula is C12H13N3O2S. The van der Waals surface area contributed by atoms with Crippen LogP contribution in [0.5, 0.6) is 5.75 Å². The number of nitrogen functional groups attached to an aromatic ring is 1. The average molecular weight is 263 g/mol. The van der Waals surface area contributed by atoms with E-state index in [1.165, 1.54) is 18.4 Å². The van der Waals surface area contributed by atoms with Crippen LogP contribution in [0.2, 0.25) is 0 Å². The van der Waals surface area contributed by atoms with Crippen LogP contribution in [0.3, 0.4) is 0 Å². The zero-order valence-corrected chi connectivity index (χ0v) is 10.9. The molecule has 0 radical (unpaired) electrons. The Morgan fingerprint density at radius 3 is 2.89 bits per heavy atom. The molecule has 5 nitrogen and oxygen atoms in total. The molecule has 1 heterocycles. The number of nitrogens with zero attached hydrogens (tertiary/aromatic N) is 1. The van der Waals surface area contributed by atoms with E-state index in [1.54, 1.807) is 18.2 Å². The fraction of sp³-hybridized carbons (Fsp3) is 0.167. The molecule has 0 aliphatic rings. The fourth-order valence-electron chi connectivity index (χ4n) is 1.47. The largest absolute Gasteiger partial charge is 0.496 e. The number of thiazole rings is 1. The molecule has 18 heavy (non-hydrogen) atoms. The highest BCUT2D eigenvalue weighted by atomic mass is 32.1. The van der Waals surface area contributed by atoms with Gasteiger partial charge >= 0.3 is 0 Å². The third-order valence-electron chi connectivity index (χ3n) is 2.31. The van der Waals surface area contributed by atoms with E-state index in [1.807, 2.05) is 12.3 Å². The number of carbonyl (C=O) groups excluding carboxylic acids is 1. The zero-order chi connectivity index (χ0) is 13.1. The van der Waals surface area contributed by atoms with E-state index < -0.39 is 0 Å². The standard InChI is InChI=1S/C12H13N3O2S/c1-7-6-18-12(14-7)15-11(16)9-4-3-8(13)5-10(9)17-2/h3-6H,13H2,1-2H3,(H,14,15,16). The number of rotatable bonds is 3. The Morgan fingerprint density at radius 1 is 1.50 bits per heavy atom. The molecule has 2 rings (SSSR count). The van der Waals surface area contributed by atoms with E-state index in [4.69, 9.17) is 10.5 Å². The zero-order valence-electron chi connectivity index (χ0n) is 10.1. The van der Waals surface area contributed by atoms with Crippen molar-refractivity contribution < 1.29 is 9.53 Å². The smallest absolute Gasteiger partial charge is 0.261 e. The molecule has 3 N–H and O–H groups in total. The van der Waals surface area contributed by atoms with Gasteiger partial charge < -0.3 is 10.5 Å². The molecule has 0 fully saturated rings. The number of amides is 1. The van der Waals surface area contributed by atoms with Crippen molar-refractivity contribution in [3.05, 3.63) is 34.8 Å². The molecule has 1 aromatic carbocycles. The molecule has 1 amide bonds. The van der Waals surface area contributed by atoms with Crippen molar-refractivity contribution in [1.29, 1.82) is 0 Å². The summed E-state index contributed by atoms with van der Waals surface area (Å²) in [5.74, 6) is 0.182. The lowest BCUT2D eigenvalue weighted by atomic mass is 10.1. The summed E-state index contributed by atoms with van der Waals surface area (Å²) in [6.07, 6.45) is 0. The van der Waals surface area contributed by atoms with Gasteiger partial charge in [0.25, 0.3) is 5.91 Å². The van der Waals surface area contributed by atoms with Gasteiger partial charge in [0.2, 0.25) is 0 Å². The van der Waals surface area contributed by atoms with E-state index in [0.717, 1.165) is 5.69 Å². The van der Waals surface area contributed by atoms with Crippen LogP contribution in [-0.2, 0) is 0 Å². The van der Waals surface area contributed by atoms with Crippen LogP contribution >= 0.6 is 11.3 Å². The van der Waals surface area contributed by atoms with Gasteiger partial charge in [-0.1, -0.05) is 0 Å². The van der Waals surface area contributed by atoms with E-state index in [9.17, 15) is 4.79 Å². The predicted octanol–water partition coefficient (Wildman–Crippen LogP) is 2.29. The number of hydrogen-bond acceptors (Lipinski definition) is 5. The van der Waals surface area contributed by atoms with Crippen molar-refractivity contribution in [3.8, 4) is 5.75 Å². The topological polar surface area (TPSA) is 77.2 Å². The normalized spacial score (nSPS) is 10.1. The van der Waals surface area contributed by atoms with Crippen molar-refractivity contribution in [2.75, 3.05) is 18.2 Å². The number of benzene rings is 1. The van der Waals surface area contributed by atoms with E-state index in [2.05, 4.69) is 10.3 Å². The van der Waals surface area contributed by atoms with E-state index in [-0.39, 0.29) is 5.91 Å². The molecule has 0 spiro atoms. The predicted molar refractivity (Wildman–Crippen MR) is 72.2 cm³/mol. The van der Waals surface area contributed by atoms with Gasteiger partial charge in [0.05, 0.1) is 18.4 Å². The average Bonchev–Trinajstić information content (AvgIpc) is 2.74. The molecule has 1 aromatic heterocycles. The van der Waals surface area contributed by atoms with Crippen molar-refractivity contribution in [2.24, 2.45) is 0 Å². The van der Waals surface area contributed by atoms with Gasteiger partial charge in [-0.2, -0.15) is 0 Å². The van der Waals surface area contributed by atoms with Crippen molar-refractivity contribution in [2.45, 2.75) is 6.92 Å². The van der Waals surface area contributed by atoms with Gasteiger partial charge in [-0.15, -0.1) is 11.3 Å². The van der Waals surface area contributed by atoms with Crippen LogP contribution < -0.4 is 15.8 Å². The molecule has 6 heteroatoms. The van der Waals surface area contributed by atoms with Crippen molar-refractivity contribution in [3.63, 3.8) is 0 Å². The van der Waals surface area contributed by atoms with Crippen LogP contribution in [0.15, 0.2) is 23.6 Å². The first-order valence-corrected chi connectivity index (χ1v) is 6.15. The minimum Gasteiger partial charge on any atom is -0.496 e. The van der Waals surface area contributed by atoms with Crippen LogP contribution in [0.4, 0.5) is 10.8 Å². The van der Waals surface area contributed by atoms with Gasteiger partial charge in [-0.3, -0.25) is 10.1 Å². The first kappa shape index (κ1) is 12.4. The summed E-state index contributed by atoms with van der Waals surface area (Å²) < 4.78 is 5.13. The number of anilines is 2. The Morgan fingerprint density at radius 2 is 2.28 bits per heavy atom. The maximum Gasteiger partial charge on any atom is 0.261 e. The minimum atomic E-state index is -0.263. The van der Waals surface area contributed by atoms with Crippen LogP contribution in [-0.4, -0.2) is 18.0 Å². The van der Waals surface area contributed by atoms with Crippen LogP contribution in [0, 0.1) is 6.92 Å². The summed E-state index contributed by atoms with van der Waals surface area (Å²) in [6.45, 7) is 1.87. The summed E-state index contributed by atoms with van der Waals surface area (Å²) in [6, 6.07) is 4.90. The molecule has 94 valence electrons. The van der Waals surface area contributed by atoms with Crippen molar-refractivity contribution in [1.82, 2.24) is 4.98 Å². The third-order valence-corrected chi connectivity index (χ3v) is 3.19. The molecule has 2 aromatic rings. The minimum absolute atomic E-state index is 0.263. The monoisotopic (exact) mass is 263 g/mol. The molecule has 0 aliphatic heterocycles. The number of nitrogens with two attached hydrogens (primary N) is 1. The Kier molecular flexibility index (Phi) is 3.47. The second kappa shape index (κ2) is 5.05. The second-order valence-electron chi connectivity index (χ2n) is 3.71. The number of nitrogens with one attached hydrogen (secondary N) is 1. The Labute approximate surface area is 109 Å². The Balaban J connectivity index is 2.23. The van der Waals surface area contributed by atoms with Gasteiger partial charge in [-0.05, 0) is 19.1 Å². The van der Waals surface area contributed by atoms with Gasteiger partial charge in [-0.25, -0.2) is 4.98 Å². The number of ether oxygens (including phenoxy) is 1. The van der Waals surface area contributed by atoms with Gasteiger partial charge in [0.1, 0.15) is 5.75 Å². The van der Waals surface area contributed by atoms with Gasteiger partial charge in [0, 0.05) is 17.1 Å². The SMILES string of the molecule is COc1cc(N)ccc1C(=O)Nc1nc(C)cs1. The van der Waals surface area contributed by atoms with Crippen LogP contribution in [0.1, 0.15) is 16.1 Å². The van der Waals surface area contributed by atoms with E-state index in [0.29, 0.717) is 22.1 Å². The Hall–Kier alpha value is -2.08. The fourth-order valence-corrected chi connectivity index (χ4v) is 2.15. The summed E-state index contributed by atoms with van der Waals surface area (Å²) in [5.41, 5.74) is 7.49. The molecule has 0 aliphatic carbocycles. The van der Waals surface area contributed by atoms with Crippen molar-refractivity contribution >= 4 is 28.1 Å². The highest BCUT2D eigenvalue weighted by molar-refractivity contribution is 7.13. The van der Waals surface area contributed by atoms with Crippen LogP contribution in [0.25, 0.3) is 0 Å². The number of aromatic nitrogens is 1. The number of methoxy groups -OCH3 is 1. The quantitative estimate of drug-likeness (QED) is 0.833. The summed E-state index contributed by atoms with van der Waals surface area (Å²) >= 11 is 1.38. The number of carbonyl (C=O) groups is 1. The van der Waals surface area contributed by atoms with Gasteiger partial charge in [0.15, 0.2) is 5.13 Å². The summed E-state index contributed by atoms with van der Waals surface area (Å²) in [4.78, 5) is 16.2. The third kappa shape index (κ3) is 2.60. The first-order chi connectivity index (χ1) is 8.60. The number of hydrogen-bond donors (Lipinski definition) is 2. The molecule has 0 saturated heterocycles. The lowest BCUT2D eigenvalue weighted by Crippen LogP contribution is -2.13. The molecule has 0 atom stereocenters. The number of aryl methyl sites for hydroxylation is 1. The van der Waals surface area contributed by atoms with E-state index >= 15 is 0 Å². The summed E-state index contributed by atoms with van der Waals surface area (Å²) in [5, 5.41) is 5.16. The molecule has 0 bridgehead atoms. The molecule has 0 unspecified atom stereocenters. The highest BCUT2D eigenvalue weighted by Gasteiger charge is 2.13. The second-order valence-corrected chi connectivity index (χ2v) is 4.57.